The van der Waals surface area contributed by atoms with Crippen molar-refractivity contribution in [1.82, 2.24) is 4.68 Å². The highest BCUT2D eigenvalue weighted by molar-refractivity contribution is 9.08. The lowest BCUT2D eigenvalue weighted by atomic mass is 10.2. The van der Waals surface area contributed by atoms with Gasteiger partial charge in [0.15, 0.2) is 0 Å². The molecule has 0 spiro atoms. The molecule has 1 aromatic carbocycles. The maximum atomic E-state index is 12.0. The summed E-state index contributed by atoms with van der Waals surface area (Å²) in [6.07, 6.45) is 3.26. The molecule has 0 bridgehead atoms. The van der Waals surface area contributed by atoms with Gasteiger partial charge in [-0.05, 0) is 29.8 Å². The van der Waals surface area contributed by atoms with Crippen molar-refractivity contribution in [2.75, 3.05) is 4.83 Å². The van der Waals surface area contributed by atoms with Gasteiger partial charge in [-0.15, -0.1) is 0 Å². The molecule has 0 radical (unpaired) electrons. The Labute approximate surface area is 108 Å². The Morgan fingerprint density at radius 1 is 1.12 bits per heavy atom. The summed E-state index contributed by atoms with van der Waals surface area (Å²) < 4.78 is 25.3. The largest absolute Gasteiger partial charge is 0.275 e. The number of hydrogen-bond donors (Lipinski definition) is 1. The summed E-state index contributed by atoms with van der Waals surface area (Å²) in [7, 11) is -3.51. The molecule has 1 heterocycles. The molecule has 0 aliphatic carbocycles. The van der Waals surface area contributed by atoms with Crippen molar-refractivity contribution in [2.24, 2.45) is 0 Å². The molecule has 0 unspecified atom stereocenters. The van der Waals surface area contributed by atoms with Crippen molar-refractivity contribution >= 4 is 26.0 Å². The summed E-state index contributed by atoms with van der Waals surface area (Å²) in [5.41, 5.74) is 1.03. The van der Waals surface area contributed by atoms with Crippen LogP contribution in [0.15, 0.2) is 53.7 Å². The van der Waals surface area contributed by atoms with E-state index in [9.17, 15) is 8.42 Å². The van der Waals surface area contributed by atoms with Crippen LogP contribution in [0.5, 0.6) is 0 Å². The molecule has 0 amide bonds. The van der Waals surface area contributed by atoms with E-state index < -0.39 is 10.0 Å². The molecule has 0 saturated carbocycles. The second-order valence-electron chi connectivity index (χ2n) is 3.46. The Hall–Kier alpha value is -1.27. The molecular weight excluding hydrogens is 304 g/mol. The van der Waals surface area contributed by atoms with Crippen LogP contribution in [-0.2, 0) is 15.4 Å². The third-order valence-electron chi connectivity index (χ3n) is 2.22. The number of nitrogens with one attached hydrogen (secondary N) is 1. The predicted molar refractivity (Wildman–Crippen MR) is 70.1 cm³/mol. The molecule has 6 heteroatoms. The quantitative estimate of drug-likeness (QED) is 0.880. The average molecular weight is 315 g/mol. The molecule has 0 aliphatic rings. The number of nitrogens with zero attached hydrogens (tertiary/aromatic N) is 1. The molecule has 1 N–H and O–H groups in total. The lowest BCUT2D eigenvalue weighted by Gasteiger charge is -2.08. The van der Waals surface area contributed by atoms with E-state index in [1.807, 2.05) is 0 Å². The van der Waals surface area contributed by atoms with Crippen molar-refractivity contribution in [3.8, 4) is 0 Å². The number of halogens is 1. The van der Waals surface area contributed by atoms with Crippen LogP contribution in [0.3, 0.4) is 0 Å². The van der Waals surface area contributed by atoms with Crippen LogP contribution >= 0.6 is 15.9 Å². The molecule has 0 saturated heterocycles. The minimum absolute atomic E-state index is 0.246. The molecule has 0 atom stereocenters. The number of hydrogen-bond acceptors (Lipinski definition) is 2. The number of benzene rings is 1. The standard InChI is InChI=1S/C11H11BrN2O2S/c12-9-10-3-5-11(6-4-10)17(15,16)13-14-7-1-2-8-14/h1-8,13H,9H2. The summed E-state index contributed by atoms with van der Waals surface area (Å²) in [4.78, 5) is 2.68. The van der Waals surface area contributed by atoms with Crippen LogP contribution in [-0.4, -0.2) is 13.1 Å². The predicted octanol–water partition coefficient (Wildman–Crippen LogP) is 2.32. The van der Waals surface area contributed by atoms with Crippen molar-refractivity contribution < 1.29 is 8.42 Å². The van der Waals surface area contributed by atoms with E-state index in [1.165, 1.54) is 4.68 Å². The molecule has 2 aromatic rings. The van der Waals surface area contributed by atoms with Gasteiger partial charge < -0.3 is 0 Å². The number of sulfonamides is 1. The Morgan fingerprint density at radius 2 is 1.71 bits per heavy atom. The van der Waals surface area contributed by atoms with Gasteiger partial charge in [0, 0.05) is 17.7 Å². The maximum absolute atomic E-state index is 12.0. The number of aromatic nitrogens is 1. The molecule has 2 rings (SSSR count). The van der Waals surface area contributed by atoms with Crippen LogP contribution in [0.1, 0.15) is 5.56 Å². The molecule has 1 aromatic heterocycles. The van der Waals surface area contributed by atoms with Crippen LogP contribution in [0.4, 0.5) is 0 Å². The van der Waals surface area contributed by atoms with Gasteiger partial charge in [-0.25, -0.2) is 4.83 Å². The zero-order valence-electron chi connectivity index (χ0n) is 8.88. The van der Waals surface area contributed by atoms with E-state index in [4.69, 9.17) is 0 Å². The monoisotopic (exact) mass is 314 g/mol. The summed E-state index contributed by atoms with van der Waals surface area (Å²) in [5.74, 6) is 0. The van der Waals surface area contributed by atoms with Gasteiger partial charge in [-0.2, -0.15) is 8.42 Å². The van der Waals surface area contributed by atoms with Gasteiger partial charge in [0.1, 0.15) is 0 Å². The van der Waals surface area contributed by atoms with Crippen LogP contribution < -0.4 is 4.83 Å². The summed E-state index contributed by atoms with van der Waals surface area (Å²) >= 11 is 3.31. The summed E-state index contributed by atoms with van der Waals surface area (Å²) in [5, 5.41) is 0.707. The minimum atomic E-state index is -3.51. The van der Waals surface area contributed by atoms with Crippen molar-refractivity contribution in [2.45, 2.75) is 10.2 Å². The normalized spacial score (nSPS) is 11.4. The first-order chi connectivity index (χ1) is 8.12. The molecule has 90 valence electrons. The van der Waals surface area contributed by atoms with E-state index in [0.29, 0.717) is 5.33 Å². The van der Waals surface area contributed by atoms with E-state index in [1.54, 1.807) is 48.8 Å². The first-order valence-electron chi connectivity index (χ1n) is 4.92. The molecule has 4 nitrogen and oxygen atoms in total. The summed E-state index contributed by atoms with van der Waals surface area (Å²) in [6, 6.07) is 10.2. The van der Waals surface area contributed by atoms with Crippen molar-refractivity contribution in [1.29, 1.82) is 0 Å². The highest BCUT2D eigenvalue weighted by Crippen LogP contribution is 2.13. The van der Waals surface area contributed by atoms with Gasteiger partial charge in [0.2, 0.25) is 0 Å². The van der Waals surface area contributed by atoms with E-state index in [-0.39, 0.29) is 4.90 Å². The molecule has 0 fully saturated rings. The smallest absolute Gasteiger partial charge is 0.261 e. The Kier molecular flexibility index (Phi) is 3.54. The van der Waals surface area contributed by atoms with Crippen LogP contribution in [0, 0.1) is 0 Å². The fourth-order valence-corrected chi connectivity index (χ4v) is 2.72. The van der Waals surface area contributed by atoms with Crippen molar-refractivity contribution in [3.05, 3.63) is 54.4 Å². The van der Waals surface area contributed by atoms with Gasteiger partial charge in [0.05, 0.1) is 4.90 Å². The molecule has 17 heavy (non-hydrogen) atoms. The SMILES string of the molecule is O=S(=O)(Nn1cccc1)c1ccc(CBr)cc1. The zero-order chi connectivity index (χ0) is 12.3. The third kappa shape index (κ3) is 2.89. The first-order valence-corrected chi connectivity index (χ1v) is 7.53. The molecular formula is C11H11BrN2O2S. The Balaban J connectivity index is 2.25. The van der Waals surface area contributed by atoms with Gasteiger partial charge in [-0.3, -0.25) is 4.68 Å². The minimum Gasteiger partial charge on any atom is -0.261 e. The first kappa shape index (κ1) is 12.2. The topological polar surface area (TPSA) is 51.1 Å². The lowest BCUT2D eigenvalue weighted by molar-refractivity contribution is 0.595. The third-order valence-corrected chi connectivity index (χ3v) is 4.21. The van der Waals surface area contributed by atoms with Crippen LogP contribution in [0.2, 0.25) is 0 Å². The number of alkyl halides is 1. The fourth-order valence-electron chi connectivity index (χ4n) is 1.34. The Bertz CT molecular complexity index is 576. The van der Waals surface area contributed by atoms with E-state index in [0.717, 1.165) is 5.56 Å². The lowest BCUT2D eigenvalue weighted by Crippen LogP contribution is -2.21. The van der Waals surface area contributed by atoms with E-state index in [2.05, 4.69) is 20.8 Å². The van der Waals surface area contributed by atoms with Gasteiger partial charge in [-0.1, -0.05) is 28.1 Å². The average Bonchev–Trinajstić information content (AvgIpc) is 2.81. The number of rotatable bonds is 4. The maximum Gasteiger partial charge on any atom is 0.275 e. The highest BCUT2D eigenvalue weighted by atomic mass is 79.9. The van der Waals surface area contributed by atoms with Gasteiger partial charge in [0.25, 0.3) is 10.0 Å². The fraction of sp³-hybridized carbons (Fsp3) is 0.0909. The zero-order valence-corrected chi connectivity index (χ0v) is 11.3. The second-order valence-corrected chi connectivity index (χ2v) is 5.68. The molecule has 0 aliphatic heterocycles. The Morgan fingerprint density at radius 3 is 2.24 bits per heavy atom. The highest BCUT2D eigenvalue weighted by Gasteiger charge is 2.13. The summed E-state index contributed by atoms with van der Waals surface area (Å²) in [6.45, 7) is 0. The van der Waals surface area contributed by atoms with Crippen molar-refractivity contribution in [3.63, 3.8) is 0 Å². The van der Waals surface area contributed by atoms with Gasteiger partial charge >= 0.3 is 0 Å². The van der Waals surface area contributed by atoms with Crippen LogP contribution in [0.25, 0.3) is 0 Å². The van der Waals surface area contributed by atoms with E-state index >= 15 is 0 Å². The second kappa shape index (κ2) is 4.93.